The van der Waals surface area contributed by atoms with Gasteiger partial charge in [0.05, 0.1) is 25.0 Å². The molecule has 1 aliphatic rings. The number of carbonyl (C=O) groups excluding carboxylic acids is 1. The van der Waals surface area contributed by atoms with Crippen molar-refractivity contribution >= 4 is 17.6 Å². The number of aromatic nitrogens is 4. The van der Waals surface area contributed by atoms with Crippen molar-refractivity contribution in [3.05, 3.63) is 18.2 Å². The van der Waals surface area contributed by atoms with Gasteiger partial charge in [-0.1, -0.05) is 13.8 Å². The average Bonchev–Trinajstić information content (AvgIpc) is 2.97. The summed E-state index contributed by atoms with van der Waals surface area (Å²) in [7, 11) is 0. The normalized spacial score (nSPS) is 20.6. The summed E-state index contributed by atoms with van der Waals surface area (Å²) in [4.78, 5) is 22.2. The SMILES string of the molecule is CC(C)Cc1ncc2cnc(N[C@H]3CCN(C(=O)OC(C)(C)C)C[C@H]3F)nn12. The monoisotopic (exact) mass is 392 g/mol. The number of carbonyl (C=O) groups is 1. The summed E-state index contributed by atoms with van der Waals surface area (Å²) < 4.78 is 21.8. The number of fused-ring (bicyclic) bond motifs is 1. The van der Waals surface area contributed by atoms with E-state index in [4.69, 9.17) is 4.74 Å². The minimum Gasteiger partial charge on any atom is -0.444 e. The molecule has 1 saturated heterocycles. The molecule has 0 aliphatic carbocycles. The van der Waals surface area contributed by atoms with Crippen molar-refractivity contribution in [1.82, 2.24) is 24.5 Å². The number of hydrogen-bond acceptors (Lipinski definition) is 6. The maximum absolute atomic E-state index is 14.7. The van der Waals surface area contributed by atoms with Crippen molar-refractivity contribution in [2.24, 2.45) is 5.92 Å². The zero-order chi connectivity index (χ0) is 20.5. The second kappa shape index (κ2) is 7.89. The van der Waals surface area contributed by atoms with E-state index in [9.17, 15) is 9.18 Å². The van der Waals surface area contributed by atoms with Crippen LogP contribution in [0.5, 0.6) is 0 Å². The summed E-state index contributed by atoms with van der Waals surface area (Å²) in [5.41, 5.74) is 0.206. The molecule has 8 nitrogen and oxygen atoms in total. The molecule has 3 heterocycles. The van der Waals surface area contributed by atoms with Crippen LogP contribution >= 0.6 is 0 Å². The van der Waals surface area contributed by atoms with Gasteiger partial charge >= 0.3 is 6.09 Å². The zero-order valence-corrected chi connectivity index (χ0v) is 17.1. The first-order valence-electron chi connectivity index (χ1n) is 9.70. The molecule has 2 atom stereocenters. The van der Waals surface area contributed by atoms with Crippen LogP contribution in [0.3, 0.4) is 0 Å². The fraction of sp³-hybridized carbons (Fsp3) is 0.684. The number of alkyl halides is 1. The predicted molar refractivity (Wildman–Crippen MR) is 104 cm³/mol. The van der Waals surface area contributed by atoms with Crippen molar-refractivity contribution < 1.29 is 13.9 Å². The van der Waals surface area contributed by atoms with Gasteiger partial charge < -0.3 is 15.0 Å². The Morgan fingerprint density at radius 1 is 1.36 bits per heavy atom. The first kappa shape index (κ1) is 20.3. The van der Waals surface area contributed by atoms with Crippen molar-refractivity contribution in [3.63, 3.8) is 0 Å². The number of likely N-dealkylation sites (tertiary alicyclic amines) is 1. The molecule has 0 radical (unpaired) electrons. The Morgan fingerprint density at radius 2 is 2.07 bits per heavy atom. The van der Waals surface area contributed by atoms with E-state index in [0.717, 1.165) is 17.8 Å². The standard InChI is InChI=1S/C19H29FN6O2/c1-12(2)8-16-21-9-13-10-22-17(24-26(13)16)23-15-6-7-25(11-14(15)20)18(27)28-19(3,4)5/h9-10,12,14-15H,6-8,11H2,1-5H3,(H,23,24)/t14-,15+/m1/s1. The number of hydrogen-bond donors (Lipinski definition) is 1. The highest BCUT2D eigenvalue weighted by Crippen LogP contribution is 2.20. The molecule has 0 saturated carbocycles. The van der Waals surface area contributed by atoms with E-state index >= 15 is 0 Å². The molecule has 0 bridgehead atoms. The van der Waals surface area contributed by atoms with Crippen LogP contribution in [0.2, 0.25) is 0 Å². The summed E-state index contributed by atoms with van der Waals surface area (Å²) in [6, 6.07) is -0.465. The van der Waals surface area contributed by atoms with Crippen LogP contribution in [0.1, 0.15) is 46.9 Å². The Labute approximate surface area is 164 Å². The second-order valence-electron chi connectivity index (χ2n) is 8.67. The van der Waals surface area contributed by atoms with Gasteiger partial charge in [0.2, 0.25) is 5.95 Å². The smallest absolute Gasteiger partial charge is 0.410 e. The number of nitrogens with one attached hydrogen (secondary N) is 1. The third-order valence-corrected chi connectivity index (χ3v) is 4.45. The van der Waals surface area contributed by atoms with E-state index in [0.29, 0.717) is 24.8 Å². The fourth-order valence-corrected chi connectivity index (χ4v) is 3.15. The van der Waals surface area contributed by atoms with Gasteiger partial charge in [0.25, 0.3) is 0 Å². The van der Waals surface area contributed by atoms with Gasteiger partial charge in [-0.05, 0) is 33.1 Å². The molecule has 1 aliphatic heterocycles. The third kappa shape index (κ3) is 4.88. The van der Waals surface area contributed by atoms with E-state index in [1.54, 1.807) is 37.7 Å². The Balaban J connectivity index is 1.65. The maximum atomic E-state index is 14.7. The van der Waals surface area contributed by atoms with Crippen LogP contribution in [-0.2, 0) is 11.2 Å². The summed E-state index contributed by atoms with van der Waals surface area (Å²) in [6.07, 6.45) is 2.94. The van der Waals surface area contributed by atoms with Gasteiger partial charge in [0, 0.05) is 13.0 Å². The van der Waals surface area contributed by atoms with Crippen LogP contribution < -0.4 is 5.32 Å². The Hall–Kier alpha value is -2.45. The number of rotatable bonds is 4. The third-order valence-electron chi connectivity index (χ3n) is 4.45. The van der Waals surface area contributed by atoms with E-state index in [1.807, 2.05) is 0 Å². The highest BCUT2D eigenvalue weighted by atomic mass is 19.1. The molecule has 2 aromatic heterocycles. The Bertz CT molecular complexity index is 831. The highest BCUT2D eigenvalue weighted by molar-refractivity contribution is 5.68. The van der Waals surface area contributed by atoms with Gasteiger partial charge in [-0.3, -0.25) is 0 Å². The summed E-state index contributed by atoms with van der Waals surface area (Å²) in [6.45, 7) is 10.0. The molecule has 1 amide bonds. The van der Waals surface area contributed by atoms with Crippen LogP contribution in [-0.4, -0.2) is 61.5 Å². The van der Waals surface area contributed by atoms with Gasteiger partial charge in [0.15, 0.2) is 0 Å². The maximum Gasteiger partial charge on any atom is 0.410 e. The lowest BCUT2D eigenvalue weighted by molar-refractivity contribution is 0.0125. The number of anilines is 1. The number of halogens is 1. The topological polar surface area (TPSA) is 84.7 Å². The van der Waals surface area contributed by atoms with Crippen molar-refractivity contribution in [1.29, 1.82) is 0 Å². The quantitative estimate of drug-likeness (QED) is 0.861. The van der Waals surface area contributed by atoms with Crippen LogP contribution in [0.25, 0.3) is 5.52 Å². The molecule has 0 aromatic carbocycles. The molecule has 1 N–H and O–H groups in total. The summed E-state index contributed by atoms with van der Waals surface area (Å²) in [5.74, 6) is 1.66. The largest absolute Gasteiger partial charge is 0.444 e. The molecule has 0 spiro atoms. The number of piperidine rings is 1. The molecule has 154 valence electrons. The van der Waals surface area contributed by atoms with Crippen LogP contribution in [0.4, 0.5) is 15.1 Å². The van der Waals surface area contributed by atoms with Gasteiger partial charge in [-0.25, -0.2) is 23.7 Å². The number of nitrogens with zero attached hydrogens (tertiary/aromatic N) is 5. The Kier molecular flexibility index (Phi) is 5.71. The number of amides is 1. The van der Waals surface area contributed by atoms with Crippen LogP contribution in [0.15, 0.2) is 12.4 Å². The zero-order valence-electron chi connectivity index (χ0n) is 17.1. The predicted octanol–water partition coefficient (Wildman–Crippen LogP) is 3.08. The van der Waals surface area contributed by atoms with E-state index in [2.05, 4.69) is 34.2 Å². The van der Waals surface area contributed by atoms with Crippen molar-refractivity contribution in [3.8, 4) is 0 Å². The summed E-state index contributed by atoms with van der Waals surface area (Å²) >= 11 is 0. The lowest BCUT2D eigenvalue weighted by Gasteiger charge is -2.35. The second-order valence-corrected chi connectivity index (χ2v) is 8.67. The first-order chi connectivity index (χ1) is 13.1. The number of imidazole rings is 1. The molecular weight excluding hydrogens is 363 g/mol. The van der Waals surface area contributed by atoms with Crippen molar-refractivity contribution in [2.45, 2.75) is 65.3 Å². The molecule has 1 fully saturated rings. The van der Waals surface area contributed by atoms with E-state index in [1.165, 1.54) is 4.90 Å². The first-order valence-corrected chi connectivity index (χ1v) is 9.70. The van der Waals surface area contributed by atoms with Crippen molar-refractivity contribution in [2.75, 3.05) is 18.4 Å². The fourth-order valence-electron chi connectivity index (χ4n) is 3.15. The number of ether oxygens (including phenoxy) is 1. The molecule has 2 aromatic rings. The molecule has 0 unspecified atom stereocenters. The highest BCUT2D eigenvalue weighted by Gasteiger charge is 2.34. The van der Waals surface area contributed by atoms with E-state index < -0.39 is 23.9 Å². The van der Waals surface area contributed by atoms with E-state index in [-0.39, 0.29) is 6.54 Å². The lowest BCUT2D eigenvalue weighted by atomic mass is 10.0. The summed E-state index contributed by atoms with van der Waals surface area (Å²) in [5, 5.41) is 7.56. The molecular formula is C19H29FN6O2. The Morgan fingerprint density at radius 3 is 2.71 bits per heavy atom. The van der Waals surface area contributed by atoms with Gasteiger partial charge in [-0.15, -0.1) is 5.10 Å². The minimum atomic E-state index is -1.24. The van der Waals surface area contributed by atoms with Gasteiger partial charge in [-0.2, -0.15) is 0 Å². The molecule has 9 heteroatoms. The van der Waals surface area contributed by atoms with Crippen LogP contribution in [0, 0.1) is 5.92 Å². The lowest BCUT2D eigenvalue weighted by Crippen LogP contribution is -2.51. The molecule has 3 rings (SSSR count). The molecule has 28 heavy (non-hydrogen) atoms. The van der Waals surface area contributed by atoms with Gasteiger partial charge in [0.1, 0.15) is 23.1 Å². The minimum absolute atomic E-state index is 0.0154. The average molecular weight is 392 g/mol.